The Kier molecular flexibility index (Phi) is 5.77. The molecular weight excluding hydrogens is 394 g/mol. The number of ether oxygens (including phenoxy) is 2. The molecule has 1 N–H and O–H groups in total. The number of nitrogens with one attached hydrogen (secondary N) is 1. The smallest absolute Gasteiger partial charge is 0.262 e. The molecule has 0 unspecified atom stereocenters. The standard InChI is InChI=1S/C17H20BrNO4S/c1-11(2)12-5-7-15(14(18)9-12)19-24(20,21)13-6-8-16(22-3)17(10-13)23-4/h5-11,19H,1-4H3. The summed E-state index contributed by atoms with van der Waals surface area (Å²) in [5, 5.41) is 0. The highest BCUT2D eigenvalue weighted by Gasteiger charge is 2.18. The molecule has 0 saturated carbocycles. The molecule has 0 fully saturated rings. The predicted molar refractivity (Wildman–Crippen MR) is 98.6 cm³/mol. The van der Waals surface area contributed by atoms with Crippen molar-refractivity contribution < 1.29 is 17.9 Å². The topological polar surface area (TPSA) is 64.6 Å². The Balaban J connectivity index is 2.35. The van der Waals surface area contributed by atoms with E-state index in [9.17, 15) is 8.42 Å². The molecule has 0 aliphatic rings. The largest absolute Gasteiger partial charge is 0.493 e. The summed E-state index contributed by atoms with van der Waals surface area (Å²) in [6.07, 6.45) is 0. The molecule has 7 heteroatoms. The molecule has 5 nitrogen and oxygen atoms in total. The summed E-state index contributed by atoms with van der Waals surface area (Å²) in [4.78, 5) is 0.0972. The van der Waals surface area contributed by atoms with Crippen LogP contribution in [0.15, 0.2) is 45.8 Å². The van der Waals surface area contributed by atoms with E-state index in [4.69, 9.17) is 9.47 Å². The van der Waals surface area contributed by atoms with Crippen LogP contribution in [0, 0.1) is 0 Å². The summed E-state index contributed by atoms with van der Waals surface area (Å²) < 4.78 is 38.8. The molecule has 24 heavy (non-hydrogen) atoms. The normalized spacial score (nSPS) is 11.4. The van der Waals surface area contributed by atoms with Crippen LogP contribution in [0.25, 0.3) is 0 Å². The zero-order valence-corrected chi connectivity index (χ0v) is 16.4. The van der Waals surface area contributed by atoms with Gasteiger partial charge >= 0.3 is 0 Å². The molecule has 0 amide bonds. The van der Waals surface area contributed by atoms with E-state index >= 15 is 0 Å². The Morgan fingerprint density at radius 2 is 1.67 bits per heavy atom. The van der Waals surface area contributed by atoms with Crippen molar-refractivity contribution in [2.75, 3.05) is 18.9 Å². The minimum atomic E-state index is -3.74. The van der Waals surface area contributed by atoms with Gasteiger partial charge in [-0.05, 0) is 51.7 Å². The Hall–Kier alpha value is -1.73. The molecular formula is C17H20BrNO4S. The molecule has 0 bridgehead atoms. The van der Waals surface area contributed by atoms with Crippen molar-refractivity contribution in [1.29, 1.82) is 0 Å². The number of methoxy groups -OCH3 is 2. The van der Waals surface area contributed by atoms with Crippen LogP contribution in [0.2, 0.25) is 0 Å². The van der Waals surface area contributed by atoms with Crippen LogP contribution in [-0.4, -0.2) is 22.6 Å². The Morgan fingerprint density at radius 1 is 1.00 bits per heavy atom. The number of anilines is 1. The lowest BCUT2D eigenvalue weighted by Gasteiger charge is -2.14. The lowest BCUT2D eigenvalue weighted by Crippen LogP contribution is -2.13. The van der Waals surface area contributed by atoms with E-state index in [0.29, 0.717) is 27.6 Å². The first-order valence-corrected chi connectivity index (χ1v) is 9.60. The van der Waals surface area contributed by atoms with E-state index in [1.54, 1.807) is 12.1 Å². The first kappa shape index (κ1) is 18.6. The van der Waals surface area contributed by atoms with Crippen molar-refractivity contribution in [3.63, 3.8) is 0 Å². The molecule has 0 heterocycles. The highest BCUT2D eigenvalue weighted by Crippen LogP contribution is 2.32. The van der Waals surface area contributed by atoms with E-state index in [2.05, 4.69) is 34.5 Å². The van der Waals surface area contributed by atoms with Gasteiger partial charge in [0, 0.05) is 10.5 Å². The van der Waals surface area contributed by atoms with Crippen LogP contribution >= 0.6 is 15.9 Å². The van der Waals surface area contributed by atoms with Gasteiger partial charge < -0.3 is 9.47 Å². The highest BCUT2D eigenvalue weighted by molar-refractivity contribution is 9.10. The second-order valence-corrected chi connectivity index (χ2v) is 8.05. The summed E-state index contributed by atoms with van der Waals surface area (Å²) in [5.74, 6) is 1.19. The average Bonchev–Trinajstić information content (AvgIpc) is 2.55. The fourth-order valence-corrected chi connectivity index (χ4v) is 3.88. The molecule has 2 rings (SSSR count). The number of rotatable bonds is 6. The summed E-state index contributed by atoms with van der Waals surface area (Å²) in [6, 6.07) is 10.0. The summed E-state index contributed by atoms with van der Waals surface area (Å²) >= 11 is 3.42. The zero-order valence-electron chi connectivity index (χ0n) is 14.0. The van der Waals surface area contributed by atoms with Gasteiger partial charge in [0.05, 0.1) is 24.8 Å². The lowest BCUT2D eigenvalue weighted by atomic mass is 10.0. The highest BCUT2D eigenvalue weighted by atomic mass is 79.9. The van der Waals surface area contributed by atoms with Crippen LogP contribution in [-0.2, 0) is 10.0 Å². The number of sulfonamides is 1. The van der Waals surface area contributed by atoms with Crippen molar-refractivity contribution in [3.8, 4) is 11.5 Å². The Bertz CT molecular complexity index is 834. The van der Waals surface area contributed by atoms with Crippen LogP contribution in [0.5, 0.6) is 11.5 Å². The van der Waals surface area contributed by atoms with Gasteiger partial charge in [0.2, 0.25) is 0 Å². The minimum Gasteiger partial charge on any atom is -0.493 e. The molecule has 0 aromatic heterocycles. The minimum absolute atomic E-state index is 0.0972. The third-order valence-corrected chi connectivity index (χ3v) is 5.59. The molecule has 2 aromatic rings. The van der Waals surface area contributed by atoms with E-state index in [0.717, 1.165) is 5.56 Å². The maximum atomic E-state index is 12.6. The summed E-state index contributed by atoms with van der Waals surface area (Å²) in [7, 11) is -0.783. The second-order valence-electron chi connectivity index (χ2n) is 5.52. The van der Waals surface area contributed by atoms with Gasteiger partial charge in [-0.2, -0.15) is 0 Å². The van der Waals surface area contributed by atoms with Crippen molar-refractivity contribution in [1.82, 2.24) is 0 Å². The molecule has 0 radical (unpaired) electrons. The summed E-state index contributed by atoms with van der Waals surface area (Å²) in [5.41, 5.74) is 1.60. The first-order chi connectivity index (χ1) is 11.3. The van der Waals surface area contributed by atoms with Gasteiger partial charge in [-0.3, -0.25) is 4.72 Å². The van der Waals surface area contributed by atoms with Gasteiger partial charge in [-0.25, -0.2) is 8.42 Å². The van der Waals surface area contributed by atoms with E-state index in [-0.39, 0.29) is 4.90 Å². The van der Waals surface area contributed by atoms with Crippen LogP contribution in [0.4, 0.5) is 5.69 Å². The fraction of sp³-hybridized carbons (Fsp3) is 0.294. The molecule has 0 aliphatic carbocycles. The number of halogens is 1. The van der Waals surface area contributed by atoms with E-state index < -0.39 is 10.0 Å². The third-order valence-electron chi connectivity index (χ3n) is 3.57. The average molecular weight is 414 g/mol. The van der Waals surface area contributed by atoms with Crippen molar-refractivity contribution in [2.24, 2.45) is 0 Å². The van der Waals surface area contributed by atoms with Gasteiger partial charge in [-0.1, -0.05) is 19.9 Å². The van der Waals surface area contributed by atoms with Gasteiger partial charge in [0.25, 0.3) is 10.0 Å². The van der Waals surface area contributed by atoms with Crippen LogP contribution in [0.3, 0.4) is 0 Å². The van der Waals surface area contributed by atoms with Crippen LogP contribution in [0.1, 0.15) is 25.3 Å². The molecule has 0 saturated heterocycles. The maximum Gasteiger partial charge on any atom is 0.262 e. The maximum absolute atomic E-state index is 12.6. The third kappa shape index (κ3) is 4.02. The first-order valence-electron chi connectivity index (χ1n) is 7.32. The summed E-state index contributed by atoms with van der Waals surface area (Å²) in [6.45, 7) is 4.16. The van der Waals surface area contributed by atoms with Gasteiger partial charge in [-0.15, -0.1) is 0 Å². The van der Waals surface area contributed by atoms with Gasteiger partial charge in [0.15, 0.2) is 11.5 Å². The Labute approximate surface area is 151 Å². The SMILES string of the molecule is COc1ccc(S(=O)(=O)Nc2ccc(C(C)C)cc2Br)cc1OC. The van der Waals surface area contributed by atoms with E-state index in [1.165, 1.54) is 26.4 Å². The van der Waals surface area contributed by atoms with E-state index in [1.807, 2.05) is 12.1 Å². The lowest BCUT2D eigenvalue weighted by molar-refractivity contribution is 0.354. The van der Waals surface area contributed by atoms with Crippen molar-refractivity contribution >= 4 is 31.6 Å². The molecule has 2 aromatic carbocycles. The molecule has 0 aliphatic heterocycles. The quantitative estimate of drug-likeness (QED) is 0.762. The zero-order chi connectivity index (χ0) is 17.9. The fourth-order valence-electron chi connectivity index (χ4n) is 2.16. The van der Waals surface area contributed by atoms with Crippen molar-refractivity contribution in [3.05, 3.63) is 46.4 Å². The van der Waals surface area contributed by atoms with Gasteiger partial charge in [0.1, 0.15) is 0 Å². The Morgan fingerprint density at radius 3 is 2.21 bits per heavy atom. The number of benzene rings is 2. The molecule has 130 valence electrons. The predicted octanol–water partition coefficient (Wildman–Crippen LogP) is 4.39. The number of hydrogen-bond acceptors (Lipinski definition) is 4. The van der Waals surface area contributed by atoms with Crippen LogP contribution < -0.4 is 14.2 Å². The number of hydrogen-bond donors (Lipinski definition) is 1. The monoisotopic (exact) mass is 413 g/mol. The molecule has 0 spiro atoms. The van der Waals surface area contributed by atoms with Crippen molar-refractivity contribution in [2.45, 2.75) is 24.7 Å². The molecule has 0 atom stereocenters. The second kappa shape index (κ2) is 7.44.